The molecule has 0 atom stereocenters. The highest BCUT2D eigenvalue weighted by molar-refractivity contribution is 5.68. The summed E-state index contributed by atoms with van der Waals surface area (Å²) in [5, 5.41) is 8.75. The van der Waals surface area contributed by atoms with Gasteiger partial charge < -0.3 is 0 Å². The van der Waals surface area contributed by atoms with Crippen molar-refractivity contribution in [1.29, 1.82) is 5.26 Å². The van der Waals surface area contributed by atoms with Gasteiger partial charge in [0.05, 0.1) is 23.5 Å². The van der Waals surface area contributed by atoms with E-state index in [2.05, 4.69) is 16.0 Å². The van der Waals surface area contributed by atoms with Crippen LogP contribution in [0.5, 0.6) is 0 Å². The van der Waals surface area contributed by atoms with Crippen LogP contribution < -0.4 is 0 Å². The van der Waals surface area contributed by atoms with Crippen LogP contribution in [0, 0.1) is 11.3 Å². The normalized spacial score (nSPS) is 10.2. The first kappa shape index (κ1) is 10.1. The first-order valence-corrected chi connectivity index (χ1v) is 4.83. The minimum Gasteiger partial charge on any atom is -0.261 e. The molecule has 2 aromatic rings. The summed E-state index contributed by atoms with van der Waals surface area (Å²) in [5.74, 6) is 0. The second kappa shape index (κ2) is 4.85. The van der Waals surface area contributed by atoms with Crippen LogP contribution in [0.2, 0.25) is 0 Å². The van der Waals surface area contributed by atoms with Crippen molar-refractivity contribution in [2.75, 3.05) is 0 Å². The predicted molar refractivity (Wildman–Crippen MR) is 62.1 cm³/mol. The van der Waals surface area contributed by atoms with E-state index in [4.69, 9.17) is 5.26 Å². The first-order valence-electron chi connectivity index (χ1n) is 4.83. The smallest absolute Gasteiger partial charge is 0.0991 e. The molecule has 0 aliphatic carbocycles. The third-order valence-corrected chi connectivity index (χ3v) is 2.05. The Bertz CT molecular complexity index is 539. The van der Waals surface area contributed by atoms with Gasteiger partial charge in [-0.25, -0.2) is 0 Å². The molecule has 3 nitrogen and oxygen atoms in total. The van der Waals surface area contributed by atoms with Crippen molar-refractivity contribution in [3.05, 3.63) is 59.7 Å². The Balaban J connectivity index is 2.21. The molecule has 0 aliphatic rings. The second-order valence-electron chi connectivity index (χ2n) is 3.20. The molecule has 0 saturated heterocycles. The van der Waals surface area contributed by atoms with Gasteiger partial charge in [-0.1, -0.05) is 18.2 Å². The molecule has 0 unspecified atom stereocenters. The molecule has 2 rings (SSSR count). The van der Waals surface area contributed by atoms with Crippen LogP contribution in [0.15, 0.2) is 42.9 Å². The maximum absolute atomic E-state index is 8.75. The highest BCUT2D eigenvalue weighted by atomic mass is 14.7. The summed E-state index contributed by atoms with van der Waals surface area (Å²) < 4.78 is 0. The number of benzene rings is 1. The molecule has 0 aliphatic heterocycles. The highest BCUT2D eigenvalue weighted by Crippen LogP contribution is 2.08. The third kappa shape index (κ3) is 2.52. The Hall–Kier alpha value is -2.47. The number of hydrogen-bond donors (Lipinski definition) is 0. The van der Waals surface area contributed by atoms with E-state index < -0.39 is 0 Å². The number of aromatic nitrogens is 2. The largest absolute Gasteiger partial charge is 0.261 e. The van der Waals surface area contributed by atoms with E-state index in [-0.39, 0.29) is 0 Å². The number of nitriles is 1. The van der Waals surface area contributed by atoms with Crippen LogP contribution in [0.4, 0.5) is 0 Å². The summed E-state index contributed by atoms with van der Waals surface area (Å²) in [5.41, 5.74) is 2.43. The second-order valence-corrected chi connectivity index (χ2v) is 3.20. The average Bonchev–Trinajstić information content (AvgIpc) is 2.38. The van der Waals surface area contributed by atoms with Crippen LogP contribution in [0.1, 0.15) is 16.8 Å². The quantitative estimate of drug-likeness (QED) is 0.760. The van der Waals surface area contributed by atoms with Crippen LogP contribution in [-0.4, -0.2) is 9.97 Å². The van der Waals surface area contributed by atoms with Gasteiger partial charge in [0.1, 0.15) is 0 Å². The molecule has 0 N–H and O–H groups in total. The lowest BCUT2D eigenvalue weighted by Gasteiger charge is -1.94. The zero-order chi connectivity index (χ0) is 11.2. The van der Waals surface area contributed by atoms with Crippen molar-refractivity contribution in [3.8, 4) is 6.07 Å². The van der Waals surface area contributed by atoms with Crippen LogP contribution >= 0.6 is 0 Å². The fourth-order valence-electron chi connectivity index (χ4n) is 1.29. The Kier molecular flexibility index (Phi) is 3.05. The van der Waals surface area contributed by atoms with Gasteiger partial charge in [0.15, 0.2) is 0 Å². The standard InChI is InChI=1S/C13H9N3/c14-9-12-3-1-2-11(8-12)4-5-13-10-15-6-7-16-13/h1-8,10H. The van der Waals surface area contributed by atoms with Gasteiger partial charge in [0.2, 0.25) is 0 Å². The molecular weight excluding hydrogens is 198 g/mol. The van der Waals surface area contributed by atoms with Crippen molar-refractivity contribution in [1.82, 2.24) is 9.97 Å². The van der Waals surface area contributed by atoms with E-state index >= 15 is 0 Å². The third-order valence-electron chi connectivity index (χ3n) is 2.05. The Morgan fingerprint density at radius 1 is 1.19 bits per heavy atom. The fraction of sp³-hybridized carbons (Fsp3) is 0. The van der Waals surface area contributed by atoms with Gasteiger partial charge in [0.25, 0.3) is 0 Å². The summed E-state index contributed by atoms with van der Waals surface area (Å²) >= 11 is 0. The van der Waals surface area contributed by atoms with E-state index in [9.17, 15) is 0 Å². The Labute approximate surface area is 93.7 Å². The molecular formula is C13H9N3. The molecule has 1 heterocycles. The lowest BCUT2D eigenvalue weighted by Crippen LogP contribution is -1.80. The number of hydrogen-bond acceptors (Lipinski definition) is 3. The van der Waals surface area contributed by atoms with Gasteiger partial charge in [-0.3, -0.25) is 9.97 Å². The van der Waals surface area contributed by atoms with E-state index in [1.807, 2.05) is 30.4 Å². The van der Waals surface area contributed by atoms with Crippen molar-refractivity contribution in [2.45, 2.75) is 0 Å². The monoisotopic (exact) mass is 207 g/mol. The minimum atomic E-state index is 0.654. The Morgan fingerprint density at radius 3 is 2.88 bits per heavy atom. The molecule has 0 saturated carbocycles. The van der Waals surface area contributed by atoms with Crippen LogP contribution in [0.3, 0.4) is 0 Å². The summed E-state index contributed by atoms with van der Waals surface area (Å²) in [6, 6.07) is 9.50. The van der Waals surface area contributed by atoms with Crippen LogP contribution in [0.25, 0.3) is 12.2 Å². The minimum absolute atomic E-state index is 0.654. The summed E-state index contributed by atoms with van der Waals surface area (Å²) in [4.78, 5) is 8.09. The van der Waals surface area contributed by atoms with Gasteiger partial charge in [-0.15, -0.1) is 0 Å². The molecule has 3 heteroatoms. The van der Waals surface area contributed by atoms with Gasteiger partial charge in [0, 0.05) is 12.4 Å². The zero-order valence-electron chi connectivity index (χ0n) is 8.54. The molecule has 1 aromatic carbocycles. The van der Waals surface area contributed by atoms with Gasteiger partial charge in [-0.05, 0) is 23.8 Å². The van der Waals surface area contributed by atoms with Crippen molar-refractivity contribution >= 4 is 12.2 Å². The molecule has 76 valence electrons. The topological polar surface area (TPSA) is 49.6 Å². The molecule has 0 radical (unpaired) electrons. The first-order chi connectivity index (χ1) is 7.88. The Morgan fingerprint density at radius 2 is 2.12 bits per heavy atom. The molecule has 0 amide bonds. The number of nitrogens with zero attached hydrogens (tertiary/aromatic N) is 3. The molecule has 1 aromatic heterocycles. The summed E-state index contributed by atoms with van der Waals surface area (Å²) in [6.07, 6.45) is 8.73. The van der Waals surface area contributed by atoms with Crippen molar-refractivity contribution < 1.29 is 0 Å². The average molecular weight is 207 g/mol. The van der Waals surface area contributed by atoms with Gasteiger partial charge in [-0.2, -0.15) is 5.26 Å². The van der Waals surface area contributed by atoms with E-state index in [1.54, 1.807) is 24.7 Å². The van der Waals surface area contributed by atoms with E-state index in [0.29, 0.717) is 5.56 Å². The van der Waals surface area contributed by atoms with Gasteiger partial charge >= 0.3 is 0 Å². The fourth-order valence-corrected chi connectivity index (χ4v) is 1.29. The van der Waals surface area contributed by atoms with E-state index in [0.717, 1.165) is 11.3 Å². The zero-order valence-corrected chi connectivity index (χ0v) is 8.54. The highest BCUT2D eigenvalue weighted by Gasteiger charge is 1.91. The van der Waals surface area contributed by atoms with Crippen LogP contribution in [-0.2, 0) is 0 Å². The SMILES string of the molecule is N#Cc1cccc(C=Cc2cnccn2)c1. The maximum Gasteiger partial charge on any atom is 0.0991 e. The van der Waals surface area contributed by atoms with E-state index in [1.165, 1.54) is 0 Å². The summed E-state index contributed by atoms with van der Waals surface area (Å²) in [7, 11) is 0. The molecule has 0 spiro atoms. The lowest BCUT2D eigenvalue weighted by atomic mass is 10.1. The maximum atomic E-state index is 8.75. The van der Waals surface area contributed by atoms with Crippen molar-refractivity contribution in [2.24, 2.45) is 0 Å². The summed E-state index contributed by atoms with van der Waals surface area (Å²) in [6.45, 7) is 0. The molecule has 16 heavy (non-hydrogen) atoms. The lowest BCUT2D eigenvalue weighted by molar-refractivity contribution is 1.18. The number of rotatable bonds is 2. The molecule has 0 bridgehead atoms. The predicted octanol–water partition coefficient (Wildman–Crippen LogP) is 2.52. The molecule has 0 fully saturated rings. The van der Waals surface area contributed by atoms with Crippen molar-refractivity contribution in [3.63, 3.8) is 0 Å².